The SMILES string of the molecule is CCOCC.COc1cc([C@@H]2c3cc4c(cc3C[C@H]3COC(=O)[C@H]32)OCO4)cc(OC)c1OC. The molecule has 34 heavy (non-hydrogen) atoms. The van der Waals surface area contributed by atoms with Crippen molar-refractivity contribution in [3.63, 3.8) is 0 Å². The zero-order valence-corrected chi connectivity index (χ0v) is 20.3. The molecule has 0 amide bonds. The van der Waals surface area contributed by atoms with Gasteiger partial charge in [-0.25, -0.2) is 0 Å². The Labute approximate surface area is 200 Å². The summed E-state index contributed by atoms with van der Waals surface area (Å²) in [7, 11) is 4.74. The number of esters is 1. The van der Waals surface area contributed by atoms with Gasteiger partial charge in [-0.3, -0.25) is 4.79 Å². The monoisotopic (exact) mass is 472 g/mol. The highest BCUT2D eigenvalue weighted by Gasteiger charge is 2.48. The molecule has 0 saturated carbocycles. The van der Waals surface area contributed by atoms with E-state index in [1.54, 1.807) is 21.3 Å². The fourth-order valence-electron chi connectivity index (χ4n) is 4.99. The maximum Gasteiger partial charge on any atom is 0.310 e. The summed E-state index contributed by atoms with van der Waals surface area (Å²) in [6, 6.07) is 7.84. The molecule has 2 aliphatic heterocycles. The van der Waals surface area contributed by atoms with Crippen molar-refractivity contribution in [1.29, 1.82) is 0 Å². The van der Waals surface area contributed by atoms with Gasteiger partial charge in [-0.2, -0.15) is 0 Å². The zero-order valence-electron chi connectivity index (χ0n) is 20.3. The Balaban J connectivity index is 0.000000499. The molecule has 1 fully saturated rings. The maximum atomic E-state index is 12.7. The number of carbonyl (C=O) groups is 1. The van der Waals surface area contributed by atoms with Crippen molar-refractivity contribution in [1.82, 2.24) is 0 Å². The van der Waals surface area contributed by atoms with Gasteiger partial charge in [-0.05, 0) is 61.2 Å². The molecule has 2 heterocycles. The first kappa shape index (κ1) is 24.0. The van der Waals surface area contributed by atoms with Crippen LogP contribution < -0.4 is 23.7 Å². The predicted molar refractivity (Wildman–Crippen MR) is 124 cm³/mol. The number of hydrogen-bond donors (Lipinski definition) is 0. The normalized spacial score (nSPS) is 21.6. The molecule has 0 aromatic heterocycles. The van der Waals surface area contributed by atoms with E-state index in [1.807, 2.05) is 38.1 Å². The van der Waals surface area contributed by atoms with Gasteiger partial charge in [0.15, 0.2) is 23.0 Å². The molecule has 1 aliphatic carbocycles. The average Bonchev–Trinajstić information content (AvgIpc) is 3.47. The van der Waals surface area contributed by atoms with Gasteiger partial charge < -0.3 is 33.2 Å². The number of cyclic esters (lactones) is 1. The Morgan fingerprint density at radius 2 is 1.53 bits per heavy atom. The van der Waals surface area contributed by atoms with Crippen molar-refractivity contribution in [2.75, 3.05) is 47.9 Å². The Bertz CT molecular complexity index is 1010. The van der Waals surface area contributed by atoms with Gasteiger partial charge in [-0.1, -0.05) is 0 Å². The third kappa shape index (κ3) is 4.34. The number of methoxy groups -OCH3 is 3. The van der Waals surface area contributed by atoms with Crippen LogP contribution in [0.2, 0.25) is 0 Å². The van der Waals surface area contributed by atoms with Crippen LogP contribution in [0, 0.1) is 11.8 Å². The van der Waals surface area contributed by atoms with Crippen LogP contribution in [-0.4, -0.2) is 53.9 Å². The van der Waals surface area contributed by atoms with Gasteiger partial charge in [0, 0.05) is 25.0 Å². The second-order valence-electron chi connectivity index (χ2n) is 8.24. The molecule has 184 valence electrons. The first-order valence-corrected chi connectivity index (χ1v) is 11.5. The minimum Gasteiger partial charge on any atom is -0.493 e. The third-order valence-electron chi connectivity index (χ3n) is 6.48. The van der Waals surface area contributed by atoms with Crippen molar-refractivity contribution in [3.8, 4) is 28.7 Å². The van der Waals surface area contributed by atoms with Crippen LogP contribution >= 0.6 is 0 Å². The van der Waals surface area contributed by atoms with E-state index in [9.17, 15) is 4.79 Å². The summed E-state index contributed by atoms with van der Waals surface area (Å²) in [5.41, 5.74) is 3.10. The Morgan fingerprint density at radius 3 is 2.09 bits per heavy atom. The molecule has 0 radical (unpaired) electrons. The molecule has 0 N–H and O–H groups in total. The summed E-state index contributed by atoms with van der Waals surface area (Å²) >= 11 is 0. The molecule has 1 saturated heterocycles. The fourth-order valence-corrected chi connectivity index (χ4v) is 4.99. The number of fused-ring (bicyclic) bond motifs is 3. The van der Waals surface area contributed by atoms with Crippen molar-refractivity contribution in [3.05, 3.63) is 41.0 Å². The molecular weight excluding hydrogens is 440 g/mol. The number of ether oxygens (including phenoxy) is 7. The van der Waals surface area contributed by atoms with E-state index in [0.717, 1.165) is 42.1 Å². The number of benzene rings is 2. The minimum atomic E-state index is -0.273. The Morgan fingerprint density at radius 1 is 0.882 bits per heavy atom. The first-order chi connectivity index (χ1) is 16.6. The minimum absolute atomic E-state index is 0.111. The highest BCUT2D eigenvalue weighted by molar-refractivity contribution is 5.78. The Kier molecular flexibility index (Phi) is 7.36. The standard InChI is InChI=1S/C22H22O7.C4H10O/c1-24-17-6-12(7-18(25-2)21(17)26-3)19-14-8-16-15(28-10-29-16)5-11(14)4-13-9-27-22(23)20(13)19;1-3-5-4-2/h5-8,13,19-20H,4,9-10H2,1-3H3;3-4H2,1-2H3/t13-,19+,20+;/m0./s1. The van der Waals surface area contributed by atoms with E-state index >= 15 is 0 Å². The summed E-state index contributed by atoms with van der Waals surface area (Å²) < 4.78 is 38.0. The van der Waals surface area contributed by atoms with Crippen molar-refractivity contribution < 1.29 is 38.0 Å². The van der Waals surface area contributed by atoms with Crippen LogP contribution in [0.4, 0.5) is 0 Å². The molecule has 0 unspecified atom stereocenters. The smallest absolute Gasteiger partial charge is 0.310 e. The molecule has 8 nitrogen and oxygen atoms in total. The average molecular weight is 473 g/mol. The molecule has 2 aromatic rings. The van der Waals surface area contributed by atoms with E-state index in [2.05, 4.69) is 0 Å². The van der Waals surface area contributed by atoms with Gasteiger partial charge in [0.05, 0.1) is 33.9 Å². The van der Waals surface area contributed by atoms with Gasteiger partial charge in [0.2, 0.25) is 12.5 Å². The lowest BCUT2D eigenvalue weighted by atomic mass is 9.67. The number of rotatable bonds is 6. The summed E-state index contributed by atoms with van der Waals surface area (Å²) in [6.07, 6.45) is 0.767. The van der Waals surface area contributed by atoms with Crippen molar-refractivity contribution >= 4 is 5.97 Å². The molecule has 2 aromatic carbocycles. The van der Waals surface area contributed by atoms with Gasteiger partial charge >= 0.3 is 5.97 Å². The third-order valence-corrected chi connectivity index (χ3v) is 6.48. The van der Waals surface area contributed by atoms with E-state index in [1.165, 1.54) is 0 Å². The highest BCUT2D eigenvalue weighted by Crippen LogP contribution is 2.52. The summed E-state index contributed by atoms with van der Waals surface area (Å²) in [5.74, 6) is 2.53. The topological polar surface area (TPSA) is 81.7 Å². The lowest BCUT2D eigenvalue weighted by Crippen LogP contribution is -2.31. The lowest BCUT2D eigenvalue weighted by Gasteiger charge is -2.34. The quantitative estimate of drug-likeness (QED) is 0.585. The predicted octanol–water partition coefficient (Wildman–Crippen LogP) is 3.96. The second-order valence-corrected chi connectivity index (χ2v) is 8.24. The molecule has 8 heteroatoms. The Hall–Kier alpha value is -3.13. The maximum absolute atomic E-state index is 12.7. The largest absolute Gasteiger partial charge is 0.493 e. The summed E-state index contributed by atoms with van der Waals surface area (Å²) in [4.78, 5) is 12.7. The van der Waals surface area contributed by atoms with E-state index < -0.39 is 0 Å². The van der Waals surface area contributed by atoms with Crippen LogP contribution in [0.25, 0.3) is 0 Å². The van der Waals surface area contributed by atoms with Crippen LogP contribution in [-0.2, 0) is 20.7 Å². The summed E-state index contributed by atoms with van der Waals surface area (Å²) in [5, 5.41) is 0. The second kappa shape index (κ2) is 10.4. The van der Waals surface area contributed by atoms with Gasteiger partial charge in [0.25, 0.3) is 0 Å². The first-order valence-electron chi connectivity index (χ1n) is 11.5. The molecule has 0 bridgehead atoms. The van der Waals surface area contributed by atoms with Gasteiger partial charge in [-0.15, -0.1) is 0 Å². The van der Waals surface area contributed by atoms with Crippen LogP contribution in [0.1, 0.15) is 36.5 Å². The van der Waals surface area contributed by atoms with E-state index in [4.69, 9.17) is 33.2 Å². The molecule has 3 aliphatic rings. The van der Waals surface area contributed by atoms with E-state index in [0.29, 0.717) is 29.6 Å². The van der Waals surface area contributed by atoms with Crippen LogP contribution in [0.5, 0.6) is 28.7 Å². The lowest BCUT2D eigenvalue weighted by molar-refractivity contribution is -0.141. The van der Waals surface area contributed by atoms with Crippen LogP contribution in [0.15, 0.2) is 24.3 Å². The van der Waals surface area contributed by atoms with Crippen LogP contribution in [0.3, 0.4) is 0 Å². The number of carbonyl (C=O) groups excluding carboxylic acids is 1. The highest BCUT2D eigenvalue weighted by atomic mass is 16.7. The number of hydrogen-bond acceptors (Lipinski definition) is 8. The fraction of sp³-hybridized carbons (Fsp3) is 0.500. The van der Waals surface area contributed by atoms with Gasteiger partial charge in [0.1, 0.15) is 0 Å². The molecule has 5 rings (SSSR count). The van der Waals surface area contributed by atoms with Crippen molar-refractivity contribution in [2.24, 2.45) is 11.8 Å². The van der Waals surface area contributed by atoms with Crippen molar-refractivity contribution in [2.45, 2.75) is 26.2 Å². The summed E-state index contributed by atoms with van der Waals surface area (Å²) in [6.45, 7) is 6.31. The van der Waals surface area contributed by atoms with E-state index in [-0.39, 0.29) is 30.5 Å². The molecule has 0 spiro atoms. The molecule has 3 atom stereocenters. The zero-order chi connectivity index (χ0) is 24.2. The molecular formula is C26H32O8.